The maximum atomic E-state index is 12.3. The standard InChI is InChI=1S/C23H34N2O4/c1-14-6-9-17-19(25(14)22(27)29-5)11-8-16(20(17)24)12-15-7-10-18(21(26)28-4)23(2,3)13-15/h8,11,14-15,18H,6-7,9-10,12-13,24H2,1-5H3/t14-,15+,18-/m0/s1. The summed E-state index contributed by atoms with van der Waals surface area (Å²) >= 11 is 0. The second kappa shape index (κ2) is 8.25. The third kappa shape index (κ3) is 4.07. The summed E-state index contributed by atoms with van der Waals surface area (Å²) < 4.78 is 9.98. The third-order valence-corrected chi connectivity index (χ3v) is 6.92. The molecule has 2 N–H and O–H groups in total. The molecule has 0 radical (unpaired) electrons. The fraction of sp³-hybridized carbons (Fsp3) is 0.652. The minimum atomic E-state index is -0.339. The number of rotatable bonds is 3. The van der Waals surface area contributed by atoms with Gasteiger partial charge in [-0.1, -0.05) is 19.9 Å². The summed E-state index contributed by atoms with van der Waals surface area (Å²) in [4.78, 5) is 26.1. The molecule has 6 nitrogen and oxygen atoms in total. The smallest absolute Gasteiger partial charge is 0.414 e. The van der Waals surface area contributed by atoms with Crippen molar-refractivity contribution in [2.45, 2.75) is 65.3 Å². The van der Waals surface area contributed by atoms with Crippen LogP contribution >= 0.6 is 0 Å². The van der Waals surface area contributed by atoms with Gasteiger partial charge < -0.3 is 15.2 Å². The van der Waals surface area contributed by atoms with E-state index in [1.165, 1.54) is 14.2 Å². The average Bonchev–Trinajstić information content (AvgIpc) is 2.68. The number of nitrogens with two attached hydrogens (primary N) is 1. The van der Waals surface area contributed by atoms with Gasteiger partial charge in [0.1, 0.15) is 0 Å². The Balaban J connectivity index is 1.80. The van der Waals surface area contributed by atoms with Crippen LogP contribution in [0.15, 0.2) is 12.1 Å². The van der Waals surface area contributed by atoms with E-state index in [0.29, 0.717) is 5.92 Å². The largest absolute Gasteiger partial charge is 0.469 e. The minimum absolute atomic E-state index is 0.0419. The molecule has 1 heterocycles. The van der Waals surface area contributed by atoms with Gasteiger partial charge in [-0.05, 0) is 74.0 Å². The highest BCUT2D eigenvalue weighted by molar-refractivity contribution is 5.91. The van der Waals surface area contributed by atoms with Crippen molar-refractivity contribution in [2.75, 3.05) is 24.9 Å². The molecule has 0 aromatic heterocycles. The molecule has 29 heavy (non-hydrogen) atoms. The number of hydrogen-bond acceptors (Lipinski definition) is 5. The van der Waals surface area contributed by atoms with Crippen molar-refractivity contribution in [1.29, 1.82) is 0 Å². The molecule has 0 bridgehead atoms. The summed E-state index contributed by atoms with van der Waals surface area (Å²) in [6, 6.07) is 4.16. The predicted molar refractivity (Wildman–Crippen MR) is 114 cm³/mol. The lowest BCUT2D eigenvalue weighted by Crippen LogP contribution is -2.42. The summed E-state index contributed by atoms with van der Waals surface area (Å²) in [5, 5.41) is 0. The number of esters is 1. The molecule has 1 amide bonds. The van der Waals surface area contributed by atoms with Crippen molar-refractivity contribution < 1.29 is 19.1 Å². The van der Waals surface area contributed by atoms with E-state index in [-0.39, 0.29) is 29.4 Å². The zero-order valence-electron chi connectivity index (χ0n) is 18.3. The number of nitrogen functional groups attached to an aromatic ring is 1. The molecule has 1 fully saturated rings. The van der Waals surface area contributed by atoms with Crippen LogP contribution in [0.1, 0.15) is 57.6 Å². The van der Waals surface area contributed by atoms with Crippen molar-refractivity contribution in [2.24, 2.45) is 17.3 Å². The molecule has 1 aromatic carbocycles. The highest BCUT2D eigenvalue weighted by Crippen LogP contribution is 2.46. The van der Waals surface area contributed by atoms with Gasteiger partial charge >= 0.3 is 12.1 Å². The van der Waals surface area contributed by atoms with E-state index in [1.54, 1.807) is 4.90 Å². The van der Waals surface area contributed by atoms with Crippen LogP contribution in [-0.2, 0) is 27.1 Å². The number of carbonyl (C=O) groups is 2. The average molecular weight is 403 g/mol. The zero-order valence-corrected chi connectivity index (χ0v) is 18.3. The molecule has 160 valence electrons. The third-order valence-electron chi connectivity index (χ3n) is 6.92. The first-order chi connectivity index (χ1) is 13.7. The van der Waals surface area contributed by atoms with Crippen LogP contribution in [-0.4, -0.2) is 32.3 Å². The van der Waals surface area contributed by atoms with Gasteiger partial charge in [-0.25, -0.2) is 4.79 Å². The van der Waals surface area contributed by atoms with Gasteiger partial charge in [-0.2, -0.15) is 0 Å². The monoisotopic (exact) mass is 402 g/mol. The van der Waals surface area contributed by atoms with Gasteiger partial charge in [0.15, 0.2) is 0 Å². The van der Waals surface area contributed by atoms with Crippen molar-refractivity contribution in [3.05, 3.63) is 23.3 Å². The van der Waals surface area contributed by atoms with Crippen molar-refractivity contribution in [3.8, 4) is 0 Å². The first-order valence-electron chi connectivity index (χ1n) is 10.5. The first-order valence-corrected chi connectivity index (χ1v) is 10.5. The van der Waals surface area contributed by atoms with E-state index in [0.717, 1.165) is 61.0 Å². The number of ether oxygens (including phenoxy) is 2. The molecule has 1 aliphatic carbocycles. The van der Waals surface area contributed by atoms with Gasteiger partial charge in [-0.3, -0.25) is 9.69 Å². The Morgan fingerprint density at radius 3 is 2.52 bits per heavy atom. The van der Waals surface area contributed by atoms with E-state index in [2.05, 4.69) is 19.9 Å². The van der Waals surface area contributed by atoms with Crippen LogP contribution in [0.4, 0.5) is 16.2 Å². The van der Waals surface area contributed by atoms with Crippen molar-refractivity contribution >= 4 is 23.4 Å². The van der Waals surface area contributed by atoms with Gasteiger partial charge in [0.2, 0.25) is 0 Å². The van der Waals surface area contributed by atoms with Crippen LogP contribution in [0, 0.1) is 17.3 Å². The Morgan fingerprint density at radius 1 is 1.17 bits per heavy atom. The van der Waals surface area contributed by atoms with E-state index in [9.17, 15) is 9.59 Å². The summed E-state index contributed by atoms with van der Waals surface area (Å²) in [5.74, 6) is 0.337. The molecule has 0 saturated heterocycles. The quantitative estimate of drug-likeness (QED) is 0.601. The highest BCUT2D eigenvalue weighted by atomic mass is 16.5. The van der Waals surface area contributed by atoms with Crippen molar-refractivity contribution in [1.82, 2.24) is 0 Å². The van der Waals surface area contributed by atoms with Gasteiger partial charge in [0.25, 0.3) is 0 Å². The Morgan fingerprint density at radius 2 is 1.90 bits per heavy atom. The Labute approximate surface area is 173 Å². The van der Waals surface area contributed by atoms with Crippen LogP contribution in [0.25, 0.3) is 0 Å². The molecular weight excluding hydrogens is 368 g/mol. The summed E-state index contributed by atoms with van der Waals surface area (Å²) in [6.07, 6.45) is 5.10. The van der Waals surface area contributed by atoms with Gasteiger partial charge in [0.05, 0.1) is 25.8 Å². The molecule has 3 rings (SSSR count). The number of fused-ring (bicyclic) bond motifs is 1. The fourth-order valence-corrected chi connectivity index (χ4v) is 5.31. The number of methoxy groups -OCH3 is 2. The Hall–Kier alpha value is -2.24. The van der Waals surface area contributed by atoms with Gasteiger partial charge in [-0.15, -0.1) is 0 Å². The van der Waals surface area contributed by atoms with E-state index < -0.39 is 0 Å². The maximum Gasteiger partial charge on any atom is 0.414 e. The van der Waals surface area contributed by atoms with E-state index in [4.69, 9.17) is 15.2 Å². The molecule has 1 aromatic rings. The van der Waals surface area contributed by atoms with E-state index >= 15 is 0 Å². The van der Waals surface area contributed by atoms with Crippen molar-refractivity contribution in [3.63, 3.8) is 0 Å². The number of hydrogen-bond donors (Lipinski definition) is 1. The summed E-state index contributed by atoms with van der Waals surface area (Å²) in [5.41, 5.74) is 10.4. The zero-order chi connectivity index (χ0) is 21.3. The lowest BCUT2D eigenvalue weighted by atomic mass is 9.64. The van der Waals surface area contributed by atoms with Gasteiger partial charge in [0, 0.05) is 11.7 Å². The molecule has 1 saturated carbocycles. The second-order valence-corrected chi connectivity index (χ2v) is 9.28. The predicted octanol–water partition coefficient (Wildman–Crippen LogP) is 4.33. The molecular formula is C23H34N2O4. The fourth-order valence-electron chi connectivity index (χ4n) is 5.31. The highest BCUT2D eigenvalue weighted by Gasteiger charge is 2.41. The summed E-state index contributed by atoms with van der Waals surface area (Å²) in [7, 11) is 2.88. The molecule has 3 atom stereocenters. The lowest BCUT2D eigenvalue weighted by molar-refractivity contribution is -0.152. The van der Waals surface area contributed by atoms with E-state index in [1.807, 2.05) is 13.0 Å². The maximum absolute atomic E-state index is 12.3. The lowest BCUT2D eigenvalue weighted by Gasteiger charge is -2.41. The molecule has 6 heteroatoms. The Bertz CT molecular complexity index is 789. The summed E-state index contributed by atoms with van der Waals surface area (Å²) in [6.45, 7) is 6.35. The van der Waals surface area contributed by atoms with Crippen LogP contribution < -0.4 is 10.6 Å². The minimum Gasteiger partial charge on any atom is -0.469 e. The van der Waals surface area contributed by atoms with Crippen LogP contribution in [0.2, 0.25) is 0 Å². The number of benzene rings is 1. The second-order valence-electron chi connectivity index (χ2n) is 9.28. The molecule has 1 aliphatic heterocycles. The normalized spacial score (nSPS) is 25.8. The topological polar surface area (TPSA) is 81.9 Å². The van der Waals surface area contributed by atoms with Crippen LogP contribution in [0.5, 0.6) is 0 Å². The molecule has 0 unspecified atom stereocenters. The molecule has 2 aliphatic rings. The number of nitrogens with zero attached hydrogens (tertiary/aromatic N) is 1. The number of anilines is 2. The number of carbonyl (C=O) groups excluding carboxylic acids is 2. The van der Waals surface area contributed by atoms with Crippen LogP contribution in [0.3, 0.4) is 0 Å². The SMILES string of the molecule is COC(=O)[C@@H]1CC[C@H](Cc2ccc3c(c2N)CC[C@H](C)N3C(=O)OC)CC1(C)C. The Kier molecular flexibility index (Phi) is 6.11. The molecule has 0 spiro atoms. The number of amides is 1. The first kappa shape index (κ1) is 21.5.